The van der Waals surface area contributed by atoms with E-state index in [9.17, 15) is 9.59 Å². The molecule has 0 heterocycles. The molecule has 0 unspecified atom stereocenters. The normalized spacial score (nSPS) is 25.9. The van der Waals surface area contributed by atoms with E-state index < -0.39 is 17.4 Å². The third kappa shape index (κ3) is 1.92. The number of rotatable bonds is 2. The van der Waals surface area contributed by atoms with Crippen LogP contribution in [0.3, 0.4) is 0 Å². The van der Waals surface area contributed by atoms with Crippen LogP contribution in [0.4, 0.5) is 0 Å². The molecule has 4 heteroatoms. The van der Waals surface area contributed by atoms with E-state index in [0.717, 1.165) is 19.3 Å². The topological polar surface area (TPSA) is 52.6 Å². The van der Waals surface area contributed by atoms with Gasteiger partial charge in [0.1, 0.15) is 0 Å². The fraction of sp³-hybridized carbons (Fsp3) is 0.600. The summed E-state index contributed by atoms with van der Waals surface area (Å²) in [5.74, 6) is -0.929. The lowest BCUT2D eigenvalue weighted by atomic mass is 9.71. The summed E-state index contributed by atoms with van der Waals surface area (Å²) < 4.78 is 10.00. The SMILES string of the molecule is COC(=O)C1(C(=O)OC)CC2=C(C1)C1=C(C)CCC=C1C1(CC1)C2. The summed E-state index contributed by atoms with van der Waals surface area (Å²) in [6.07, 6.45) is 8.86. The average Bonchev–Trinajstić information content (AvgIpc) is 3.25. The van der Waals surface area contributed by atoms with Gasteiger partial charge >= 0.3 is 11.9 Å². The summed E-state index contributed by atoms with van der Waals surface area (Å²) in [6.45, 7) is 2.20. The van der Waals surface area contributed by atoms with Gasteiger partial charge in [-0.2, -0.15) is 0 Å². The minimum absolute atomic E-state index is 0.276. The van der Waals surface area contributed by atoms with E-state index in [2.05, 4.69) is 13.0 Å². The van der Waals surface area contributed by atoms with Crippen LogP contribution in [0.15, 0.2) is 33.9 Å². The van der Waals surface area contributed by atoms with Gasteiger partial charge < -0.3 is 9.47 Å². The van der Waals surface area contributed by atoms with Crippen LogP contribution in [0.25, 0.3) is 0 Å². The first kappa shape index (κ1) is 15.7. The van der Waals surface area contributed by atoms with E-state index >= 15 is 0 Å². The number of carbonyl (C=O) groups is 2. The molecule has 4 nitrogen and oxygen atoms in total. The predicted molar refractivity (Wildman–Crippen MR) is 89.0 cm³/mol. The van der Waals surface area contributed by atoms with Crippen molar-refractivity contribution < 1.29 is 19.1 Å². The van der Waals surface area contributed by atoms with E-state index in [1.165, 1.54) is 54.9 Å². The van der Waals surface area contributed by atoms with Crippen LogP contribution in [0, 0.1) is 10.8 Å². The number of methoxy groups -OCH3 is 2. The number of allylic oxidation sites excluding steroid dienone is 6. The molecule has 0 bridgehead atoms. The number of fused-ring (bicyclic) bond motifs is 3. The maximum absolute atomic E-state index is 12.5. The summed E-state index contributed by atoms with van der Waals surface area (Å²) in [5.41, 5.74) is 5.80. The lowest BCUT2D eigenvalue weighted by Crippen LogP contribution is -2.39. The first-order valence-electron chi connectivity index (χ1n) is 8.76. The van der Waals surface area contributed by atoms with Crippen LogP contribution in [0.5, 0.6) is 0 Å². The van der Waals surface area contributed by atoms with Crippen molar-refractivity contribution in [2.75, 3.05) is 14.2 Å². The number of carbonyl (C=O) groups excluding carboxylic acids is 2. The molecule has 0 N–H and O–H groups in total. The van der Waals surface area contributed by atoms with E-state index in [-0.39, 0.29) is 5.41 Å². The molecule has 4 rings (SSSR count). The van der Waals surface area contributed by atoms with Gasteiger partial charge in [0.15, 0.2) is 5.41 Å². The van der Waals surface area contributed by atoms with E-state index in [4.69, 9.17) is 9.47 Å². The Labute approximate surface area is 142 Å². The maximum atomic E-state index is 12.5. The third-order valence-corrected chi connectivity index (χ3v) is 6.42. The molecule has 128 valence electrons. The average molecular weight is 328 g/mol. The minimum atomic E-state index is -1.19. The number of hydrogen-bond acceptors (Lipinski definition) is 4. The summed E-state index contributed by atoms with van der Waals surface area (Å²) >= 11 is 0. The summed E-state index contributed by atoms with van der Waals surface area (Å²) in [4.78, 5) is 25.0. The first-order valence-corrected chi connectivity index (χ1v) is 8.76. The second-order valence-electron chi connectivity index (χ2n) is 7.77. The lowest BCUT2D eigenvalue weighted by molar-refractivity contribution is -0.168. The van der Waals surface area contributed by atoms with Crippen molar-refractivity contribution in [1.29, 1.82) is 0 Å². The summed E-state index contributed by atoms with van der Waals surface area (Å²) in [5, 5.41) is 0. The zero-order valence-electron chi connectivity index (χ0n) is 14.7. The highest BCUT2D eigenvalue weighted by Crippen LogP contribution is 2.67. The lowest BCUT2D eigenvalue weighted by Gasteiger charge is -2.34. The molecule has 0 aromatic rings. The zero-order valence-corrected chi connectivity index (χ0v) is 14.7. The fourth-order valence-corrected chi connectivity index (χ4v) is 5.05. The Balaban J connectivity index is 1.81. The van der Waals surface area contributed by atoms with Crippen LogP contribution in [0.2, 0.25) is 0 Å². The highest BCUT2D eigenvalue weighted by Gasteiger charge is 2.59. The molecule has 0 saturated heterocycles. The molecule has 0 radical (unpaired) electrons. The van der Waals surface area contributed by atoms with Crippen LogP contribution < -0.4 is 0 Å². The molecule has 4 aliphatic rings. The molecule has 1 fully saturated rings. The number of ether oxygens (including phenoxy) is 2. The van der Waals surface area contributed by atoms with Crippen molar-refractivity contribution in [1.82, 2.24) is 0 Å². The van der Waals surface area contributed by atoms with Gasteiger partial charge in [0.25, 0.3) is 0 Å². The Morgan fingerprint density at radius 1 is 1.04 bits per heavy atom. The Hall–Kier alpha value is -1.84. The molecule has 1 spiro atoms. The molecule has 24 heavy (non-hydrogen) atoms. The molecular formula is C20H24O4. The second-order valence-corrected chi connectivity index (χ2v) is 7.77. The van der Waals surface area contributed by atoms with Gasteiger partial charge in [-0.3, -0.25) is 9.59 Å². The molecule has 0 aliphatic heterocycles. The summed E-state index contributed by atoms with van der Waals surface area (Å²) in [6, 6.07) is 0. The van der Waals surface area contributed by atoms with Crippen molar-refractivity contribution in [3.63, 3.8) is 0 Å². The number of esters is 2. The Bertz CT molecular complexity index is 715. The van der Waals surface area contributed by atoms with E-state index in [0.29, 0.717) is 12.8 Å². The van der Waals surface area contributed by atoms with E-state index in [1.54, 1.807) is 0 Å². The van der Waals surface area contributed by atoms with Gasteiger partial charge in [0, 0.05) is 6.42 Å². The van der Waals surface area contributed by atoms with Crippen LogP contribution in [0.1, 0.15) is 51.9 Å². The minimum Gasteiger partial charge on any atom is -0.468 e. The molecule has 0 aromatic carbocycles. The van der Waals surface area contributed by atoms with Crippen molar-refractivity contribution >= 4 is 11.9 Å². The smallest absolute Gasteiger partial charge is 0.323 e. The van der Waals surface area contributed by atoms with Crippen LogP contribution in [-0.2, 0) is 19.1 Å². The van der Waals surface area contributed by atoms with Crippen molar-refractivity contribution in [3.8, 4) is 0 Å². The van der Waals surface area contributed by atoms with Gasteiger partial charge in [0.05, 0.1) is 14.2 Å². The van der Waals surface area contributed by atoms with Crippen molar-refractivity contribution in [3.05, 3.63) is 33.9 Å². The van der Waals surface area contributed by atoms with Gasteiger partial charge in [-0.25, -0.2) is 0 Å². The zero-order chi connectivity index (χ0) is 17.1. The standard InChI is InChI=1S/C20H24O4/c1-12-5-4-6-15-16(12)14-11-20(17(21)23-2,18(22)24-3)10-13(14)9-19(15)7-8-19/h6H,4-5,7-11H2,1-3H3. The monoisotopic (exact) mass is 328 g/mol. The maximum Gasteiger partial charge on any atom is 0.323 e. The third-order valence-electron chi connectivity index (χ3n) is 6.42. The summed E-state index contributed by atoms with van der Waals surface area (Å²) in [7, 11) is 2.70. The van der Waals surface area contributed by atoms with E-state index in [1.807, 2.05) is 0 Å². The van der Waals surface area contributed by atoms with Crippen molar-refractivity contribution in [2.45, 2.75) is 51.9 Å². The highest BCUT2D eigenvalue weighted by atomic mass is 16.5. The number of hydrogen-bond donors (Lipinski definition) is 0. The quantitative estimate of drug-likeness (QED) is 0.574. The molecule has 0 aromatic heterocycles. The van der Waals surface area contributed by atoms with Gasteiger partial charge in [-0.15, -0.1) is 0 Å². The molecule has 0 atom stereocenters. The van der Waals surface area contributed by atoms with Crippen molar-refractivity contribution in [2.24, 2.45) is 10.8 Å². The molecular weight excluding hydrogens is 304 g/mol. The van der Waals surface area contributed by atoms with Crippen LogP contribution in [-0.4, -0.2) is 26.2 Å². The highest BCUT2D eigenvalue weighted by molar-refractivity contribution is 6.02. The largest absolute Gasteiger partial charge is 0.468 e. The Kier molecular flexibility index (Phi) is 3.32. The van der Waals surface area contributed by atoms with Gasteiger partial charge in [0.2, 0.25) is 0 Å². The van der Waals surface area contributed by atoms with Crippen LogP contribution >= 0.6 is 0 Å². The first-order chi connectivity index (χ1) is 11.5. The Morgan fingerprint density at radius 2 is 1.71 bits per heavy atom. The Morgan fingerprint density at radius 3 is 2.29 bits per heavy atom. The van der Waals surface area contributed by atoms with Gasteiger partial charge in [-0.1, -0.05) is 17.2 Å². The van der Waals surface area contributed by atoms with Gasteiger partial charge in [-0.05, 0) is 67.6 Å². The molecule has 4 aliphatic carbocycles. The molecule has 0 amide bonds. The second kappa shape index (κ2) is 5.08. The fourth-order valence-electron chi connectivity index (χ4n) is 5.05. The predicted octanol–water partition coefficient (Wildman–Crippen LogP) is 3.63. The molecule has 1 saturated carbocycles.